The zero-order valence-corrected chi connectivity index (χ0v) is 12.0. The molecule has 18 heavy (non-hydrogen) atoms. The standard InChI is InChI=1S/C13H24N4O/c1-6-7-8-14-13(18)15-9(2)12-10(3)16-17(5)11(12)4/h9H,6-8H2,1-5H3,(H2,14,15,18). The highest BCUT2D eigenvalue weighted by Gasteiger charge is 2.17. The topological polar surface area (TPSA) is 59.0 Å². The molecule has 0 aliphatic heterocycles. The molecular formula is C13H24N4O. The van der Waals surface area contributed by atoms with Gasteiger partial charge in [-0.25, -0.2) is 4.79 Å². The molecule has 0 aliphatic carbocycles. The minimum absolute atomic E-state index is 0.0275. The Labute approximate surface area is 109 Å². The van der Waals surface area contributed by atoms with Crippen LogP contribution in [0.5, 0.6) is 0 Å². The summed E-state index contributed by atoms with van der Waals surface area (Å²) in [6.45, 7) is 8.79. The van der Waals surface area contributed by atoms with Crippen molar-refractivity contribution in [3.8, 4) is 0 Å². The zero-order chi connectivity index (χ0) is 13.7. The largest absolute Gasteiger partial charge is 0.338 e. The van der Waals surface area contributed by atoms with E-state index in [1.165, 1.54) is 0 Å². The van der Waals surface area contributed by atoms with Crippen molar-refractivity contribution >= 4 is 6.03 Å². The second-order valence-electron chi connectivity index (χ2n) is 4.68. The maximum atomic E-state index is 11.7. The number of carbonyl (C=O) groups is 1. The lowest BCUT2D eigenvalue weighted by molar-refractivity contribution is 0.237. The number of nitrogens with zero attached hydrogens (tertiary/aromatic N) is 2. The van der Waals surface area contributed by atoms with Crippen molar-refractivity contribution in [2.75, 3.05) is 6.54 Å². The summed E-state index contributed by atoms with van der Waals surface area (Å²) in [6.07, 6.45) is 2.09. The number of unbranched alkanes of at least 4 members (excludes halogenated alkanes) is 1. The van der Waals surface area contributed by atoms with Crippen molar-refractivity contribution in [1.29, 1.82) is 0 Å². The van der Waals surface area contributed by atoms with Gasteiger partial charge in [0.1, 0.15) is 0 Å². The van der Waals surface area contributed by atoms with Crippen molar-refractivity contribution in [3.05, 3.63) is 17.0 Å². The van der Waals surface area contributed by atoms with Gasteiger partial charge >= 0.3 is 6.03 Å². The van der Waals surface area contributed by atoms with Crippen LogP contribution in [0.1, 0.15) is 49.7 Å². The van der Waals surface area contributed by atoms with E-state index >= 15 is 0 Å². The van der Waals surface area contributed by atoms with Gasteiger partial charge in [-0.3, -0.25) is 4.68 Å². The molecule has 102 valence electrons. The van der Waals surface area contributed by atoms with Crippen LogP contribution in [-0.4, -0.2) is 22.4 Å². The molecule has 0 saturated heterocycles. The normalized spacial score (nSPS) is 12.3. The number of hydrogen-bond acceptors (Lipinski definition) is 2. The summed E-state index contributed by atoms with van der Waals surface area (Å²) in [5, 5.41) is 10.2. The number of amides is 2. The Hall–Kier alpha value is -1.52. The molecule has 0 saturated carbocycles. The van der Waals surface area contributed by atoms with Crippen LogP contribution in [0.15, 0.2) is 0 Å². The maximum Gasteiger partial charge on any atom is 0.315 e. The van der Waals surface area contributed by atoms with Gasteiger partial charge in [-0.2, -0.15) is 5.10 Å². The maximum absolute atomic E-state index is 11.7. The third kappa shape index (κ3) is 3.48. The lowest BCUT2D eigenvalue weighted by Gasteiger charge is -2.15. The van der Waals surface area contributed by atoms with Gasteiger partial charge in [0, 0.05) is 24.8 Å². The minimum Gasteiger partial charge on any atom is -0.338 e. The Bertz CT molecular complexity index is 411. The van der Waals surface area contributed by atoms with Gasteiger partial charge in [0.2, 0.25) is 0 Å². The molecule has 1 atom stereocenters. The van der Waals surface area contributed by atoms with E-state index in [9.17, 15) is 4.79 Å². The first-order valence-electron chi connectivity index (χ1n) is 6.51. The van der Waals surface area contributed by atoms with Crippen LogP contribution < -0.4 is 10.6 Å². The molecule has 1 unspecified atom stereocenters. The summed E-state index contributed by atoms with van der Waals surface area (Å²) in [7, 11) is 1.92. The monoisotopic (exact) mass is 252 g/mol. The average Bonchev–Trinajstić information content (AvgIpc) is 2.53. The molecule has 0 spiro atoms. The van der Waals surface area contributed by atoms with E-state index in [1.54, 1.807) is 0 Å². The SMILES string of the molecule is CCCCNC(=O)NC(C)c1c(C)nn(C)c1C. The van der Waals surface area contributed by atoms with Crippen molar-refractivity contribution in [2.45, 2.75) is 46.6 Å². The molecule has 1 aromatic heterocycles. The minimum atomic E-state index is -0.112. The molecule has 5 heteroatoms. The van der Waals surface area contributed by atoms with Gasteiger partial charge in [-0.15, -0.1) is 0 Å². The van der Waals surface area contributed by atoms with E-state index in [0.29, 0.717) is 0 Å². The van der Waals surface area contributed by atoms with Crippen molar-refractivity contribution in [2.24, 2.45) is 7.05 Å². The molecule has 0 aliphatic rings. The highest BCUT2D eigenvalue weighted by molar-refractivity contribution is 5.74. The van der Waals surface area contributed by atoms with Crippen molar-refractivity contribution < 1.29 is 4.79 Å². The summed E-state index contributed by atoms with van der Waals surface area (Å²) < 4.78 is 1.85. The predicted molar refractivity (Wildman–Crippen MR) is 72.5 cm³/mol. The molecular weight excluding hydrogens is 228 g/mol. The number of aromatic nitrogens is 2. The Morgan fingerprint density at radius 1 is 1.44 bits per heavy atom. The summed E-state index contributed by atoms with van der Waals surface area (Å²) in [5.41, 5.74) is 3.16. The van der Waals surface area contributed by atoms with Crippen molar-refractivity contribution in [3.63, 3.8) is 0 Å². The van der Waals surface area contributed by atoms with E-state index in [0.717, 1.165) is 36.3 Å². The smallest absolute Gasteiger partial charge is 0.315 e. The van der Waals surface area contributed by atoms with Gasteiger partial charge in [-0.05, 0) is 27.2 Å². The third-order valence-electron chi connectivity index (χ3n) is 3.16. The zero-order valence-electron chi connectivity index (χ0n) is 12.0. The van der Waals surface area contributed by atoms with E-state index < -0.39 is 0 Å². The van der Waals surface area contributed by atoms with Crippen LogP contribution in [-0.2, 0) is 7.05 Å². The summed E-state index contributed by atoms with van der Waals surface area (Å²) in [4.78, 5) is 11.7. The Balaban J connectivity index is 2.59. The fourth-order valence-electron chi connectivity index (χ4n) is 2.12. The first-order valence-corrected chi connectivity index (χ1v) is 6.51. The average molecular weight is 252 g/mol. The molecule has 1 aromatic rings. The molecule has 0 bridgehead atoms. The molecule has 0 fully saturated rings. The Kier molecular flexibility index (Phi) is 5.19. The number of aryl methyl sites for hydroxylation is 2. The van der Waals surface area contributed by atoms with Crippen molar-refractivity contribution in [1.82, 2.24) is 20.4 Å². The number of hydrogen-bond donors (Lipinski definition) is 2. The van der Waals surface area contributed by atoms with E-state index in [-0.39, 0.29) is 12.1 Å². The number of nitrogens with one attached hydrogen (secondary N) is 2. The Morgan fingerprint density at radius 3 is 2.61 bits per heavy atom. The van der Waals surface area contributed by atoms with Crippen LogP contribution in [0.25, 0.3) is 0 Å². The van der Waals surface area contributed by atoms with Crippen LogP contribution in [0.2, 0.25) is 0 Å². The van der Waals surface area contributed by atoms with Gasteiger partial charge in [-0.1, -0.05) is 13.3 Å². The molecule has 0 radical (unpaired) electrons. The lowest BCUT2D eigenvalue weighted by atomic mass is 10.1. The number of rotatable bonds is 5. The van der Waals surface area contributed by atoms with Gasteiger partial charge < -0.3 is 10.6 Å². The molecule has 1 rings (SSSR count). The highest BCUT2D eigenvalue weighted by atomic mass is 16.2. The van der Waals surface area contributed by atoms with E-state index in [2.05, 4.69) is 22.7 Å². The number of urea groups is 1. The molecule has 1 heterocycles. The van der Waals surface area contributed by atoms with Crippen LogP contribution >= 0.6 is 0 Å². The fraction of sp³-hybridized carbons (Fsp3) is 0.692. The highest BCUT2D eigenvalue weighted by Crippen LogP contribution is 2.20. The van der Waals surface area contributed by atoms with E-state index in [4.69, 9.17) is 0 Å². The first-order chi connectivity index (χ1) is 8.47. The second-order valence-corrected chi connectivity index (χ2v) is 4.68. The van der Waals surface area contributed by atoms with Crippen LogP contribution in [0, 0.1) is 13.8 Å². The Morgan fingerprint density at radius 2 is 2.11 bits per heavy atom. The molecule has 0 aromatic carbocycles. The summed E-state index contributed by atoms with van der Waals surface area (Å²) in [5.74, 6) is 0. The predicted octanol–water partition coefficient (Wildman–Crippen LogP) is 2.20. The van der Waals surface area contributed by atoms with E-state index in [1.807, 2.05) is 32.5 Å². The number of carbonyl (C=O) groups excluding carboxylic acids is 1. The van der Waals surface area contributed by atoms with Gasteiger partial charge in [0.25, 0.3) is 0 Å². The molecule has 5 nitrogen and oxygen atoms in total. The van der Waals surface area contributed by atoms with Gasteiger partial charge in [0.05, 0.1) is 11.7 Å². The molecule has 2 N–H and O–H groups in total. The quantitative estimate of drug-likeness (QED) is 0.789. The first kappa shape index (κ1) is 14.5. The fourth-order valence-corrected chi connectivity index (χ4v) is 2.12. The van der Waals surface area contributed by atoms with Gasteiger partial charge in [0.15, 0.2) is 0 Å². The second kappa shape index (κ2) is 6.42. The summed E-state index contributed by atoms with van der Waals surface area (Å²) in [6, 6.07) is -0.140. The van der Waals surface area contributed by atoms with Crippen LogP contribution in [0.3, 0.4) is 0 Å². The molecule has 2 amide bonds. The lowest BCUT2D eigenvalue weighted by Crippen LogP contribution is -2.37. The van der Waals surface area contributed by atoms with Crippen LogP contribution in [0.4, 0.5) is 4.79 Å². The summed E-state index contributed by atoms with van der Waals surface area (Å²) >= 11 is 0. The third-order valence-corrected chi connectivity index (χ3v) is 3.16.